The number of hydrogen-bond acceptors (Lipinski definition) is 9. The molecule has 0 unspecified atom stereocenters. The molecular formula is C15H26N8O2. The van der Waals surface area contributed by atoms with Crippen molar-refractivity contribution in [2.45, 2.75) is 7.43 Å². The number of nitrogens with two attached hydrogens (primary N) is 3. The quantitative estimate of drug-likeness (QED) is 0.361. The first-order valence-electron chi connectivity index (χ1n) is 7.26. The average Bonchev–Trinajstić information content (AvgIpc) is 2.60. The molecule has 0 aromatic carbocycles. The molecular weight excluding hydrogens is 324 g/mol. The van der Waals surface area contributed by atoms with Gasteiger partial charge in [-0.05, 0) is 18.2 Å². The van der Waals surface area contributed by atoms with E-state index in [9.17, 15) is 10.1 Å². The molecule has 2 aromatic heterocycles. The van der Waals surface area contributed by atoms with Gasteiger partial charge in [0.05, 0.1) is 16.8 Å². The normalized spacial score (nSPS) is 9.20. The lowest BCUT2D eigenvalue weighted by Crippen LogP contribution is -2.13. The molecule has 0 saturated carbocycles. The van der Waals surface area contributed by atoms with E-state index in [0.29, 0.717) is 31.1 Å². The third-order valence-corrected chi connectivity index (χ3v) is 2.65. The number of nitrogen functional groups attached to an aromatic ring is 1. The van der Waals surface area contributed by atoms with Crippen LogP contribution in [0.1, 0.15) is 7.43 Å². The first-order chi connectivity index (χ1) is 11.6. The molecule has 0 amide bonds. The standard InChI is InChI=1S/C7H10N4O2.C7H12N4.CH4/c8-3-4-9-7-2-1-6(5-10-7)11(12)13;8-3-4-10-7-2-1-6(9)5-11-7;/h1-2,5H,3-4,8H2,(H,9,10);1-2,5H,3-4,8-9H2,(H,10,11);1H4. The predicted octanol–water partition coefficient (Wildman–Crippen LogP) is 1.03. The van der Waals surface area contributed by atoms with Crippen molar-refractivity contribution in [2.24, 2.45) is 11.5 Å². The number of nitrogens with zero attached hydrogens (tertiary/aromatic N) is 3. The van der Waals surface area contributed by atoms with Gasteiger partial charge in [0.1, 0.15) is 17.8 Å². The van der Waals surface area contributed by atoms with Crippen molar-refractivity contribution in [1.29, 1.82) is 0 Å². The minimum atomic E-state index is -0.486. The van der Waals surface area contributed by atoms with E-state index >= 15 is 0 Å². The summed E-state index contributed by atoms with van der Waals surface area (Å²) in [7, 11) is 0. The second kappa shape index (κ2) is 12.4. The molecule has 10 nitrogen and oxygen atoms in total. The number of pyridine rings is 2. The number of nitrogens with one attached hydrogen (secondary N) is 2. The Morgan fingerprint density at radius 3 is 1.84 bits per heavy atom. The molecule has 2 aromatic rings. The van der Waals surface area contributed by atoms with Gasteiger partial charge in [0.25, 0.3) is 5.69 Å². The van der Waals surface area contributed by atoms with Crippen LogP contribution in [0.5, 0.6) is 0 Å². The van der Waals surface area contributed by atoms with Gasteiger partial charge in [-0.1, -0.05) is 7.43 Å². The molecule has 0 radical (unpaired) electrons. The van der Waals surface area contributed by atoms with Crippen LogP contribution < -0.4 is 27.8 Å². The Labute approximate surface area is 147 Å². The molecule has 0 spiro atoms. The SMILES string of the molecule is C.NCCNc1ccc(N)cn1.NCCNc1ccc([N+](=O)[O-])cn1. The first-order valence-corrected chi connectivity index (χ1v) is 7.26. The fourth-order valence-corrected chi connectivity index (χ4v) is 1.51. The lowest BCUT2D eigenvalue weighted by atomic mass is 10.4. The van der Waals surface area contributed by atoms with Gasteiger partial charge in [-0.3, -0.25) is 10.1 Å². The Morgan fingerprint density at radius 1 is 0.960 bits per heavy atom. The van der Waals surface area contributed by atoms with Crippen LogP contribution in [0.25, 0.3) is 0 Å². The van der Waals surface area contributed by atoms with Crippen molar-refractivity contribution in [3.05, 3.63) is 46.8 Å². The highest BCUT2D eigenvalue weighted by atomic mass is 16.6. The van der Waals surface area contributed by atoms with Crippen LogP contribution in [0.4, 0.5) is 23.0 Å². The van der Waals surface area contributed by atoms with Gasteiger partial charge >= 0.3 is 0 Å². The van der Waals surface area contributed by atoms with Crippen LogP contribution in [0, 0.1) is 10.1 Å². The van der Waals surface area contributed by atoms with Crippen LogP contribution in [-0.4, -0.2) is 41.1 Å². The number of aromatic nitrogens is 2. The second-order valence-corrected chi connectivity index (χ2v) is 4.57. The average molecular weight is 350 g/mol. The van der Waals surface area contributed by atoms with E-state index in [0.717, 1.165) is 12.4 Å². The maximum Gasteiger partial charge on any atom is 0.287 e. The number of anilines is 3. The molecule has 2 heterocycles. The molecule has 138 valence electrons. The molecule has 25 heavy (non-hydrogen) atoms. The van der Waals surface area contributed by atoms with Gasteiger partial charge < -0.3 is 27.8 Å². The highest BCUT2D eigenvalue weighted by Crippen LogP contribution is 2.11. The highest BCUT2D eigenvalue weighted by molar-refractivity contribution is 5.43. The van der Waals surface area contributed by atoms with E-state index in [1.54, 1.807) is 18.3 Å². The molecule has 0 fully saturated rings. The van der Waals surface area contributed by atoms with E-state index in [1.165, 1.54) is 12.3 Å². The summed E-state index contributed by atoms with van der Waals surface area (Å²) in [6.07, 6.45) is 2.82. The second-order valence-electron chi connectivity index (χ2n) is 4.57. The van der Waals surface area contributed by atoms with Gasteiger partial charge in [0.15, 0.2) is 0 Å². The van der Waals surface area contributed by atoms with Crippen LogP contribution >= 0.6 is 0 Å². The molecule has 0 aliphatic heterocycles. The van der Waals surface area contributed by atoms with Crippen LogP contribution in [0.2, 0.25) is 0 Å². The van der Waals surface area contributed by atoms with E-state index in [2.05, 4.69) is 20.6 Å². The smallest absolute Gasteiger partial charge is 0.287 e. The number of rotatable bonds is 7. The zero-order valence-corrected chi connectivity index (χ0v) is 13.2. The number of hydrogen-bond donors (Lipinski definition) is 5. The summed E-state index contributed by atoms with van der Waals surface area (Å²) in [5, 5.41) is 16.2. The third kappa shape index (κ3) is 9.03. The minimum Gasteiger partial charge on any atom is -0.397 e. The van der Waals surface area contributed by atoms with E-state index in [1.807, 2.05) is 6.07 Å². The molecule has 10 heteroatoms. The summed E-state index contributed by atoms with van der Waals surface area (Å²) in [6.45, 7) is 2.44. The minimum absolute atomic E-state index is 0. The lowest BCUT2D eigenvalue weighted by Gasteiger charge is -2.02. The Morgan fingerprint density at radius 2 is 1.48 bits per heavy atom. The van der Waals surface area contributed by atoms with Crippen molar-refractivity contribution in [1.82, 2.24) is 9.97 Å². The summed E-state index contributed by atoms with van der Waals surface area (Å²) in [5.74, 6) is 1.40. The topological polar surface area (TPSA) is 171 Å². The molecule has 2 rings (SSSR count). The molecule has 0 atom stereocenters. The Bertz CT molecular complexity index is 604. The van der Waals surface area contributed by atoms with Gasteiger partial charge in [-0.25, -0.2) is 9.97 Å². The van der Waals surface area contributed by atoms with Gasteiger partial charge in [0.2, 0.25) is 0 Å². The van der Waals surface area contributed by atoms with Gasteiger partial charge in [-0.15, -0.1) is 0 Å². The molecule has 0 aliphatic rings. The Kier molecular flexibility index (Phi) is 11.0. The van der Waals surface area contributed by atoms with Crippen LogP contribution in [0.15, 0.2) is 36.7 Å². The monoisotopic (exact) mass is 350 g/mol. The van der Waals surface area contributed by atoms with Crippen LogP contribution in [0.3, 0.4) is 0 Å². The zero-order chi connectivity index (χ0) is 17.8. The summed E-state index contributed by atoms with van der Waals surface area (Å²) in [5.41, 5.74) is 16.6. The van der Waals surface area contributed by atoms with E-state index in [4.69, 9.17) is 17.2 Å². The highest BCUT2D eigenvalue weighted by Gasteiger charge is 2.03. The van der Waals surface area contributed by atoms with E-state index < -0.39 is 4.92 Å². The van der Waals surface area contributed by atoms with E-state index in [-0.39, 0.29) is 13.1 Å². The zero-order valence-electron chi connectivity index (χ0n) is 13.2. The fraction of sp³-hybridized carbons (Fsp3) is 0.333. The molecule has 0 bridgehead atoms. The van der Waals surface area contributed by atoms with Gasteiger partial charge in [0, 0.05) is 32.2 Å². The van der Waals surface area contributed by atoms with Crippen molar-refractivity contribution >= 4 is 23.0 Å². The largest absolute Gasteiger partial charge is 0.397 e. The van der Waals surface area contributed by atoms with Crippen molar-refractivity contribution in [3.63, 3.8) is 0 Å². The molecule has 0 aliphatic carbocycles. The van der Waals surface area contributed by atoms with Crippen LogP contribution in [-0.2, 0) is 0 Å². The Balaban J connectivity index is 0.000000449. The predicted molar refractivity (Wildman–Crippen MR) is 101 cm³/mol. The van der Waals surface area contributed by atoms with Crippen molar-refractivity contribution in [2.75, 3.05) is 42.5 Å². The molecule has 0 saturated heterocycles. The summed E-state index contributed by atoms with van der Waals surface area (Å²) in [4.78, 5) is 17.6. The number of nitro groups is 1. The third-order valence-electron chi connectivity index (χ3n) is 2.65. The lowest BCUT2D eigenvalue weighted by molar-refractivity contribution is -0.385. The summed E-state index contributed by atoms with van der Waals surface area (Å²) < 4.78 is 0. The Hall–Kier alpha value is -2.98. The van der Waals surface area contributed by atoms with Gasteiger partial charge in [-0.2, -0.15) is 0 Å². The van der Waals surface area contributed by atoms with Crippen molar-refractivity contribution < 1.29 is 4.92 Å². The fourth-order valence-electron chi connectivity index (χ4n) is 1.51. The first kappa shape index (κ1) is 22.0. The maximum absolute atomic E-state index is 10.3. The summed E-state index contributed by atoms with van der Waals surface area (Å²) in [6, 6.07) is 6.57. The summed E-state index contributed by atoms with van der Waals surface area (Å²) >= 11 is 0. The maximum atomic E-state index is 10.3. The molecule has 8 N–H and O–H groups in total. The van der Waals surface area contributed by atoms with Crippen molar-refractivity contribution in [3.8, 4) is 0 Å².